The fraction of sp³-hybridized carbons (Fsp3) is 0.636. The third kappa shape index (κ3) is 5.17. The van der Waals surface area contributed by atoms with E-state index >= 15 is 0 Å². The van der Waals surface area contributed by atoms with Crippen molar-refractivity contribution >= 4 is 11.8 Å². The molecule has 4 heteroatoms. The molecule has 0 spiro atoms. The Kier molecular flexibility index (Phi) is 8.41. The standard InChI is InChI=1S/C44H58O4/c1-39(2)23-25-44(38(46)48-29-32-15-11-8-12-16-32)26-24-42(5)33(34(44)27-39)17-18-36-40(3)21-20-37(45)41(4,35(40)19-22-43(36,42)6)30-47-28-31-13-9-7-10-14-31/h7-17,34-36H,18-30H2,1-6H3/t34-,35+,36+,40-,41-,42+,43+,44-/m0/s1. The third-order valence-corrected chi connectivity index (χ3v) is 15.3. The van der Waals surface area contributed by atoms with Crippen LogP contribution in [0.3, 0.4) is 0 Å². The van der Waals surface area contributed by atoms with Crippen LogP contribution in [0.25, 0.3) is 0 Å². The molecule has 0 amide bonds. The van der Waals surface area contributed by atoms with E-state index in [4.69, 9.17) is 9.47 Å². The van der Waals surface area contributed by atoms with Crippen LogP contribution < -0.4 is 0 Å². The summed E-state index contributed by atoms with van der Waals surface area (Å²) >= 11 is 0. The quantitative estimate of drug-likeness (QED) is 0.221. The smallest absolute Gasteiger partial charge is 0.313 e. The molecule has 4 fully saturated rings. The molecule has 0 radical (unpaired) electrons. The van der Waals surface area contributed by atoms with Gasteiger partial charge in [0.05, 0.1) is 24.0 Å². The molecule has 0 heterocycles. The van der Waals surface area contributed by atoms with Gasteiger partial charge in [-0.1, -0.05) is 114 Å². The Morgan fingerprint density at radius 3 is 2.10 bits per heavy atom. The topological polar surface area (TPSA) is 52.6 Å². The molecule has 7 rings (SSSR count). The first-order valence-electron chi connectivity index (χ1n) is 18.8. The molecule has 0 saturated heterocycles. The van der Waals surface area contributed by atoms with Crippen molar-refractivity contribution in [3.8, 4) is 0 Å². The molecule has 0 N–H and O–H groups in total. The van der Waals surface area contributed by atoms with Crippen molar-refractivity contribution in [3.05, 3.63) is 83.4 Å². The van der Waals surface area contributed by atoms with Gasteiger partial charge in [0.2, 0.25) is 0 Å². The average molecular weight is 651 g/mol. The first-order chi connectivity index (χ1) is 22.8. The molecular weight excluding hydrogens is 592 g/mol. The highest BCUT2D eigenvalue weighted by atomic mass is 16.5. The van der Waals surface area contributed by atoms with Crippen molar-refractivity contribution in [1.29, 1.82) is 0 Å². The van der Waals surface area contributed by atoms with Gasteiger partial charge in [-0.15, -0.1) is 0 Å². The van der Waals surface area contributed by atoms with E-state index in [-0.39, 0.29) is 33.5 Å². The number of carbonyl (C=O) groups is 2. The molecular formula is C44H58O4. The van der Waals surface area contributed by atoms with Gasteiger partial charge in [0.1, 0.15) is 12.4 Å². The maximum Gasteiger partial charge on any atom is 0.313 e. The summed E-state index contributed by atoms with van der Waals surface area (Å²) in [5.41, 5.74) is 3.24. The number of ketones is 1. The number of esters is 1. The molecule has 0 bridgehead atoms. The van der Waals surface area contributed by atoms with Crippen molar-refractivity contribution in [2.75, 3.05) is 6.61 Å². The summed E-state index contributed by atoms with van der Waals surface area (Å²) in [6.45, 7) is 16.1. The van der Waals surface area contributed by atoms with Crippen LogP contribution in [-0.4, -0.2) is 18.4 Å². The van der Waals surface area contributed by atoms with Gasteiger partial charge in [0.25, 0.3) is 0 Å². The van der Waals surface area contributed by atoms with Crippen molar-refractivity contribution in [1.82, 2.24) is 0 Å². The molecule has 48 heavy (non-hydrogen) atoms. The van der Waals surface area contributed by atoms with Gasteiger partial charge in [0.15, 0.2) is 0 Å². The Bertz CT molecular complexity index is 1560. The number of rotatable bonds is 7. The van der Waals surface area contributed by atoms with Crippen LogP contribution in [0.15, 0.2) is 72.3 Å². The second-order valence-electron chi connectivity index (χ2n) is 18.3. The lowest BCUT2D eigenvalue weighted by Gasteiger charge is -2.70. The van der Waals surface area contributed by atoms with Gasteiger partial charge >= 0.3 is 5.97 Å². The minimum atomic E-state index is -0.467. The van der Waals surface area contributed by atoms with E-state index in [1.54, 1.807) is 5.57 Å². The normalized spacial score (nSPS) is 40.0. The molecule has 5 aliphatic carbocycles. The minimum absolute atomic E-state index is 0.0207. The third-order valence-electron chi connectivity index (χ3n) is 15.3. The molecule has 2 aromatic carbocycles. The maximum absolute atomic E-state index is 14.3. The Hall–Kier alpha value is -2.72. The molecule has 4 saturated carbocycles. The lowest BCUT2D eigenvalue weighted by molar-refractivity contribution is -0.198. The van der Waals surface area contributed by atoms with Crippen LogP contribution in [0.4, 0.5) is 0 Å². The zero-order valence-corrected chi connectivity index (χ0v) is 30.4. The number of hydrogen-bond acceptors (Lipinski definition) is 4. The summed E-state index contributed by atoms with van der Waals surface area (Å²) in [5, 5.41) is 0. The van der Waals surface area contributed by atoms with E-state index in [1.807, 2.05) is 48.5 Å². The Balaban J connectivity index is 1.18. The van der Waals surface area contributed by atoms with Crippen molar-refractivity contribution in [3.63, 3.8) is 0 Å². The SMILES string of the molecule is CC1(C)CC[C@]2(C(=O)OCc3ccccc3)CC[C@]3(C)C(=CC[C@@H]4[C@@]5(C)CCC(=O)[C@@](C)(COCc6ccccc6)[C@@H]5CC[C@]43C)[C@@H]2C1. The lowest BCUT2D eigenvalue weighted by Crippen LogP contribution is -2.65. The highest BCUT2D eigenvalue weighted by Crippen LogP contribution is 2.75. The molecule has 8 atom stereocenters. The molecule has 0 unspecified atom stereocenters. The van der Waals surface area contributed by atoms with E-state index in [9.17, 15) is 9.59 Å². The van der Waals surface area contributed by atoms with Crippen LogP contribution in [0, 0.1) is 50.2 Å². The largest absolute Gasteiger partial charge is 0.460 e. The summed E-state index contributed by atoms with van der Waals surface area (Å²) in [5.74, 6) is 1.43. The van der Waals surface area contributed by atoms with Crippen LogP contribution in [0.5, 0.6) is 0 Å². The van der Waals surface area contributed by atoms with Crippen LogP contribution in [0.1, 0.15) is 117 Å². The van der Waals surface area contributed by atoms with Crippen LogP contribution >= 0.6 is 0 Å². The van der Waals surface area contributed by atoms with E-state index in [1.165, 1.54) is 0 Å². The first-order valence-corrected chi connectivity index (χ1v) is 18.8. The Morgan fingerprint density at radius 2 is 1.42 bits per heavy atom. The Morgan fingerprint density at radius 1 is 0.771 bits per heavy atom. The maximum atomic E-state index is 14.3. The van der Waals surface area contributed by atoms with Gasteiger partial charge in [-0.25, -0.2) is 0 Å². The number of ether oxygens (including phenoxy) is 2. The summed E-state index contributed by atoms with van der Waals surface area (Å²) in [6.07, 6.45) is 12.4. The molecule has 258 valence electrons. The second-order valence-corrected chi connectivity index (χ2v) is 18.3. The highest BCUT2D eigenvalue weighted by Gasteiger charge is 2.70. The molecule has 0 aliphatic heterocycles. The van der Waals surface area contributed by atoms with Crippen LogP contribution in [-0.2, 0) is 32.3 Å². The van der Waals surface area contributed by atoms with Crippen molar-refractivity contribution in [2.45, 2.75) is 119 Å². The number of Topliss-reactive ketones (excluding diaryl/α,β-unsaturated/α-hetero) is 1. The van der Waals surface area contributed by atoms with Gasteiger partial charge in [-0.2, -0.15) is 0 Å². The van der Waals surface area contributed by atoms with Gasteiger partial charge in [-0.3, -0.25) is 9.59 Å². The number of benzene rings is 2. The lowest BCUT2D eigenvalue weighted by atomic mass is 9.33. The first kappa shape index (κ1) is 33.8. The van der Waals surface area contributed by atoms with Gasteiger partial charge in [0, 0.05) is 6.42 Å². The number of hydrogen-bond donors (Lipinski definition) is 0. The summed E-state index contributed by atoms with van der Waals surface area (Å²) in [7, 11) is 0. The van der Waals surface area contributed by atoms with Crippen LogP contribution in [0.2, 0.25) is 0 Å². The Labute approximate surface area is 289 Å². The van der Waals surface area contributed by atoms with Gasteiger partial charge in [-0.05, 0) is 108 Å². The fourth-order valence-corrected chi connectivity index (χ4v) is 12.2. The predicted molar refractivity (Wildman–Crippen MR) is 191 cm³/mol. The summed E-state index contributed by atoms with van der Waals surface area (Å²) in [6, 6.07) is 20.5. The molecule has 4 nitrogen and oxygen atoms in total. The highest BCUT2D eigenvalue weighted by molar-refractivity contribution is 5.86. The predicted octanol–water partition coefficient (Wildman–Crippen LogP) is 10.3. The van der Waals surface area contributed by atoms with E-state index in [2.05, 4.69) is 59.8 Å². The zero-order chi connectivity index (χ0) is 34.0. The average Bonchev–Trinajstić information content (AvgIpc) is 3.06. The van der Waals surface area contributed by atoms with Crippen molar-refractivity contribution in [2.24, 2.45) is 50.2 Å². The molecule has 5 aliphatic rings. The second kappa shape index (κ2) is 12.0. The van der Waals surface area contributed by atoms with Gasteiger partial charge < -0.3 is 9.47 Å². The molecule has 0 aromatic heterocycles. The van der Waals surface area contributed by atoms with Crippen molar-refractivity contribution < 1.29 is 19.1 Å². The summed E-state index contributed by atoms with van der Waals surface area (Å²) < 4.78 is 12.6. The fourth-order valence-electron chi connectivity index (χ4n) is 12.2. The van der Waals surface area contributed by atoms with E-state index in [0.717, 1.165) is 68.9 Å². The minimum Gasteiger partial charge on any atom is -0.460 e. The number of fused-ring (bicyclic) bond motifs is 7. The summed E-state index contributed by atoms with van der Waals surface area (Å²) in [4.78, 5) is 28.1. The molecule has 2 aromatic rings. The number of allylic oxidation sites excluding steroid dienone is 2. The monoisotopic (exact) mass is 650 g/mol. The van der Waals surface area contributed by atoms with E-state index < -0.39 is 10.8 Å². The zero-order valence-electron chi connectivity index (χ0n) is 30.4. The van der Waals surface area contributed by atoms with E-state index in [0.29, 0.717) is 43.9 Å². The number of carbonyl (C=O) groups excluding carboxylic acids is 2.